The molecule has 0 saturated carbocycles. The van der Waals surface area contributed by atoms with Crippen LogP contribution < -0.4 is 4.74 Å². The Morgan fingerprint density at radius 3 is 2.58 bits per heavy atom. The summed E-state index contributed by atoms with van der Waals surface area (Å²) in [6.45, 7) is 0. The molecule has 0 amide bonds. The largest absolute Gasteiger partial charge is 0.423 e. The second-order valence-electron chi connectivity index (χ2n) is 3.65. The highest BCUT2D eigenvalue weighted by molar-refractivity contribution is 5.91. The van der Waals surface area contributed by atoms with Gasteiger partial charge in [-0.1, -0.05) is 12.1 Å². The molecule has 0 N–H and O–H groups in total. The molecule has 0 bridgehead atoms. The molecule has 0 heterocycles. The van der Waals surface area contributed by atoms with E-state index in [0.717, 1.165) is 12.1 Å². The van der Waals surface area contributed by atoms with E-state index in [1.54, 1.807) is 0 Å². The van der Waals surface area contributed by atoms with E-state index in [1.807, 2.05) is 0 Å². The van der Waals surface area contributed by atoms with E-state index in [9.17, 15) is 19.3 Å². The van der Waals surface area contributed by atoms with Crippen molar-refractivity contribution in [2.24, 2.45) is 0 Å². The maximum Gasteiger partial charge on any atom is 0.343 e. The highest BCUT2D eigenvalue weighted by atomic mass is 19.1. The number of ether oxygens (including phenoxy) is 1. The molecule has 6 heteroatoms. The minimum absolute atomic E-state index is 0.0264. The zero-order chi connectivity index (χ0) is 13.8. The van der Waals surface area contributed by atoms with Gasteiger partial charge in [0, 0.05) is 18.2 Å². The first-order chi connectivity index (χ1) is 9.06. The number of hydrogen-bond acceptors (Lipinski definition) is 4. The molecule has 0 saturated heterocycles. The number of rotatable bonds is 3. The van der Waals surface area contributed by atoms with Gasteiger partial charge < -0.3 is 4.74 Å². The van der Waals surface area contributed by atoms with Crippen LogP contribution in [0.25, 0.3) is 0 Å². The number of nitro benzene ring substituents is 1. The van der Waals surface area contributed by atoms with Gasteiger partial charge in [0.05, 0.1) is 10.5 Å². The minimum Gasteiger partial charge on any atom is -0.423 e. The van der Waals surface area contributed by atoms with E-state index >= 15 is 0 Å². The van der Waals surface area contributed by atoms with Gasteiger partial charge in [0.2, 0.25) is 0 Å². The van der Waals surface area contributed by atoms with Crippen molar-refractivity contribution >= 4 is 11.7 Å². The predicted molar refractivity (Wildman–Crippen MR) is 64.5 cm³/mol. The molecule has 0 aliphatic heterocycles. The Balaban J connectivity index is 2.20. The lowest BCUT2D eigenvalue weighted by molar-refractivity contribution is -0.384. The molecule has 0 spiro atoms. The molecule has 0 unspecified atom stereocenters. The zero-order valence-electron chi connectivity index (χ0n) is 9.58. The summed E-state index contributed by atoms with van der Waals surface area (Å²) in [5.74, 6) is -1.28. The molecule has 0 atom stereocenters. The normalized spacial score (nSPS) is 9.95. The molecule has 0 aromatic heterocycles. The second kappa shape index (κ2) is 5.26. The van der Waals surface area contributed by atoms with Crippen molar-refractivity contribution in [3.8, 4) is 5.75 Å². The Hall–Kier alpha value is -2.76. The molecule has 0 radical (unpaired) electrons. The van der Waals surface area contributed by atoms with Gasteiger partial charge in [-0.25, -0.2) is 9.18 Å². The highest BCUT2D eigenvalue weighted by Gasteiger charge is 2.13. The average Bonchev–Trinajstić information content (AvgIpc) is 2.39. The first-order valence-corrected chi connectivity index (χ1v) is 5.28. The maximum absolute atomic E-state index is 12.9. The number of carbonyl (C=O) groups is 1. The lowest BCUT2D eigenvalue weighted by Gasteiger charge is -2.04. The topological polar surface area (TPSA) is 69.4 Å². The van der Waals surface area contributed by atoms with Crippen LogP contribution in [-0.2, 0) is 0 Å². The van der Waals surface area contributed by atoms with Gasteiger partial charge in [-0.3, -0.25) is 10.1 Å². The number of hydrogen-bond donors (Lipinski definition) is 0. The molecule has 19 heavy (non-hydrogen) atoms. The van der Waals surface area contributed by atoms with Crippen LogP contribution in [0.4, 0.5) is 10.1 Å². The minimum atomic E-state index is -0.783. The third kappa shape index (κ3) is 3.12. The van der Waals surface area contributed by atoms with Crippen molar-refractivity contribution in [1.82, 2.24) is 0 Å². The lowest BCUT2D eigenvalue weighted by atomic mass is 10.2. The van der Waals surface area contributed by atoms with Crippen LogP contribution in [0.5, 0.6) is 5.75 Å². The SMILES string of the molecule is O=C(Oc1cccc(F)c1)c1cccc([N+](=O)[O-])c1. The Morgan fingerprint density at radius 1 is 1.16 bits per heavy atom. The molecular formula is C13H8FNO4. The summed E-state index contributed by atoms with van der Waals surface area (Å²) in [6, 6.07) is 10.2. The summed E-state index contributed by atoms with van der Waals surface area (Å²) in [6.07, 6.45) is 0. The Labute approximate surface area is 107 Å². The Kier molecular flexibility index (Phi) is 3.51. The van der Waals surface area contributed by atoms with Crippen LogP contribution in [0.2, 0.25) is 0 Å². The van der Waals surface area contributed by atoms with E-state index in [1.165, 1.54) is 36.4 Å². The number of carbonyl (C=O) groups excluding carboxylic acids is 1. The third-order valence-corrected chi connectivity index (χ3v) is 2.30. The van der Waals surface area contributed by atoms with Crippen molar-refractivity contribution in [3.63, 3.8) is 0 Å². The van der Waals surface area contributed by atoms with Gasteiger partial charge in [0.15, 0.2) is 0 Å². The summed E-state index contributed by atoms with van der Waals surface area (Å²) in [7, 11) is 0. The van der Waals surface area contributed by atoms with Crippen molar-refractivity contribution in [3.05, 3.63) is 70.0 Å². The first-order valence-electron chi connectivity index (χ1n) is 5.28. The van der Waals surface area contributed by atoms with Crippen LogP contribution in [0.15, 0.2) is 48.5 Å². The standard InChI is InChI=1S/C13H8FNO4/c14-10-4-2-6-12(8-10)19-13(16)9-3-1-5-11(7-9)15(17)18/h1-8H. The van der Waals surface area contributed by atoms with Crippen LogP contribution in [0.3, 0.4) is 0 Å². The molecule has 0 fully saturated rings. The second-order valence-corrected chi connectivity index (χ2v) is 3.65. The monoisotopic (exact) mass is 261 g/mol. The number of non-ortho nitro benzene ring substituents is 1. The maximum atomic E-state index is 12.9. The molecule has 0 aliphatic carbocycles. The molecule has 0 aliphatic rings. The summed E-state index contributed by atoms with van der Waals surface area (Å²) in [4.78, 5) is 21.7. The van der Waals surface area contributed by atoms with E-state index in [4.69, 9.17) is 4.74 Å². The fourth-order valence-corrected chi connectivity index (χ4v) is 1.44. The highest BCUT2D eigenvalue weighted by Crippen LogP contribution is 2.17. The number of benzene rings is 2. The summed E-state index contributed by atoms with van der Waals surface area (Å²) >= 11 is 0. The number of nitrogens with zero attached hydrogens (tertiary/aromatic N) is 1. The summed E-state index contributed by atoms with van der Waals surface area (Å²) in [5, 5.41) is 10.6. The third-order valence-electron chi connectivity index (χ3n) is 2.30. The van der Waals surface area contributed by atoms with Gasteiger partial charge in [-0.05, 0) is 18.2 Å². The molecule has 2 rings (SSSR count). The van der Waals surface area contributed by atoms with E-state index in [0.29, 0.717) is 0 Å². The lowest BCUT2D eigenvalue weighted by Crippen LogP contribution is -2.08. The predicted octanol–water partition coefficient (Wildman–Crippen LogP) is 2.95. The molecule has 96 valence electrons. The van der Waals surface area contributed by atoms with Gasteiger partial charge in [-0.15, -0.1) is 0 Å². The van der Waals surface area contributed by atoms with E-state index in [2.05, 4.69) is 0 Å². The zero-order valence-corrected chi connectivity index (χ0v) is 9.58. The molecule has 2 aromatic carbocycles. The van der Waals surface area contributed by atoms with Gasteiger partial charge in [0.1, 0.15) is 11.6 Å². The summed E-state index contributed by atoms with van der Waals surface area (Å²) < 4.78 is 17.8. The number of esters is 1. The molecular weight excluding hydrogens is 253 g/mol. The molecule has 5 nitrogen and oxygen atoms in total. The smallest absolute Gasteiger partial charge is 0.343 e. The van der Waals surface area contributed by atoms with Gasteiger partial charge in [0.25, 0.3) is 5.69 Å². The Bertz CT molecular complexity index is 642. The quantitative estimate of drug-likeness (QED) is 0.368. The molecule has 2 aromatic rings. The van der Waals surface area contributed by atoms with E-state index in [-0.39, 0.29) is 17.0 Å². The average molecular weight is 261 g/mol. The van der Waals surface area contributed by atoms with Crippen LogP contribution in [0.1, 0.15) is 10.4 Å². The van der Waals surface area contributed by atoms with Crippen molar-refractivity contribution in [2.45, 2.75) is 0 Å². The van der Waals surface area contributed by atoms with Crippen LogP contribution in [-0.4, -0.2) is 10.9 Å². The van der Waals surface area contributed by atoms with Crippen LogP contribution in [0, 0.1) is 15.9 Å². The first kappa shape index (κ1) is 12.7. The number of nitro groups is 1. The Morgan fingerprint density at radius 2 is 1.89 bits per heavy atom. The summed E-state index contributed by atoms with van der Waals surface area (Å²) in [5.41, 5.74) is -0.188. The van der Waals surface area contributed by atoms with E-state index < -0.39 is 16.7 Å². The van der Waals surface area contributed by atoms with Gasteiger partial charge >= 0.3 is 5.97 Å². The van der Waals surface area contributed by atoms with Crippen LogP contribution >= 0.6 is 0 Å². The van der Waals surface area contributed by atoms with Crippen molar-refractivity contribution in [2.75, 3.05) is 0 Å². The van der Waals surface area contributed by atoms with Crippen molar-refractivity contribution < 1.29 is 18.8 Å². The fraction of sp³-hybridized carbons (Fsp3) is 0. The fourth-order valence-electron chi connectivity index (χ4n) is 1.44. The van der Waals surface area contributed by atoms with Crippen molar-refractivity contribution in [1.29, 1.82) is 0 Å². The van der Waals surface area contributed by atoms with Gasteiger partial charge in [-0.2, -0.15) is 0 Å². The number of halogens is 1.